The molecule has 0 unspecified atom stereocenters. The van der Waals surface area contributed by atoms with E-state index in [1.807, 2.05) is 0 Å². The highest BCUT2D eigenvalue weighted by molar-refractivity contribution is 6.34. The summed E-state index contributed by atoms with van der Waals surface area (Å²) in [7, 11) is 1.67. The van der Waals surface area contributed by atoms with Crippen LogP contribution in [-0.4, -0.2) is 27.5 Å². The minimum absolute atomic E-state index is 0.0761. The van der Waals surface area contributed by atoms with Gasteiger partial charge in [-0.05, 0) is 42.0 Å². The lowest BCUT2D eigenvalue weighted by Crippen LogP contribution is -2.27. The number of carboxylic acid groups (broad SMARTS) is 1. The first-order valence-corrected chi connectivity index (χ1v) is 9.75. The zero-order valence-electron chi connectivity index (χ0n) is 16.8. The summed E-state index contributed by atoms with van der Waals surface area (Å²) in [6, 6.07) is 11.7. The Bertz CT molecular complexity index is 1150. The van der Waals surface area contributed by atoms with Gasteiger partial charge >= 0.3 is 5.97 Å². The van der Waals surface area contributed by atoms with Crippen molar-refractivity contribution in [2.75, 3.05) is 5.32 Å². The Labute approximate surface area is 178 Å². The van der Waals surface area contributed by atoms with Crippen molar-refractivity contribution in [2.24, 2.45) is 13.0 Å². The summed E-state index contributed by atoms with van der Waals surface area (Å²) in [5.41, 5.74) is 2.46. The van der Waals surface area contributed by atoms with Crippen LogP contribution in [0.1, 0.15) is 40.3 Å². The Kier molecular flexibility index (Phi) is 6.12. The molecule has 30 heavy (non-hydrogen) atoms. The Morgan fingerprint density at radius 2 is 1.83 bits per heavy atom. The fourth-order valence-electron chi connectivity index (χ4n) is 3.08. The van der Waals surface area contributed by atoms with Crippen LogP contribution in [-0.2, 0) is 18.4 Å². The Morgan fingerprint density at radius 1 is 1.10 bits per heavy atom. The lowest BCUT2D eigenvalue weighted by Gasteiger charge is -2.11. The topological polar surface area (TPSA) is 100 Å². The molecular formula is C22H22ClN3O4. The van der Waals surface area contributed by atoms with Crippen molar-refractivity contribution in [3.8, 4) is 0 Å². The summed E-state index contributed by atoms with van der Waals surface area (Å²) in [5.74, 6) is -1.62. The van der Waals surface area contributed by atoms with Gasteiger partial charge in [-0.25, -0.2) is 4.79 Å². The van der Waals surface area contributed by atoms with Gasteiger partial charge in [0.05, 0.1) is 10.6 Å². The van der Waals surface area contributed by atoms with E-state index in [0.717, 1.165) is 11.1 Å². The van der Waals surface area contributed by atoms with Crippen molar-refractivity contribution in [1.82, 2.24) is 9.88 Å². The summed E-state index contributed by atoms with van der Waals surface area (Å²) in [6.07, 6.45) is 0. The molecule has 0 saturated heterocycles. The summed E-state index contributed by atoms with van der Waals surface area (Å²) in [4.78, 5) is 35.8. The van der Waals surface area contributed by atoms with Gasteiger partial charge in [-0.2, -0.15) is 0 Å². The number of halogens is 1. The number of aromatic carboxylic acids is 1. The van der Waals surface area contributed by atoms with Gasteiger partial charge in [0.2, 0.25) is 5.91 Å². The molecule has 1 aromatic heterocycles. The van der Waals surface area contributed by atoms with Gasteiger partial charge < -0.3 is 20.3 Å². The van der Waals surface area contributed by atoms with E-state index in [2.05, 4.69) is 10.6 Å². The molecule has 2 aromatic carbocycles. The molecule has 0 atom stereocenters. The normalized spacial score (nSPS) is 11.0. The molecule has 1 heterocycles. The number of amides is 2. The second-order valence-corrected chi connectivity index (χ2v) is 7.72. The number of fused-ring (bicyclic) bond motifs is 1. The molecule has 7 nitrogen and oxygen atoms in total. The maximum Gasteiger partial charge on any atom is 0.352 e. The number of carboxylic acids is 1. The van der Waals surface area contributed by atoms with Crippen molar-refractivity contribution in [2.45, 2.75) is 20.4 Å². The van der Waals surface area contributed by atoms with E-state index in [1.54, 1.807) is 67.9 Å². The van der Waals surface area contributed by atoms with Crippen LogP contribution in [0.3, 0.4) is 0 Å². The molecule has 0 aliphatic carbocycles. The number of carbonyl (C=O) groups is 3. The summed E-state index contributed by atoms with van der Waals surface area (Å²) < 4.78 is 1.58. The van der Waals surface area contributed by atoms with Crippen LogP contribution < -0.4 is 10.6 Å². The number of aryl methyl sites for hydroxylation is 1. The van der Waals surface area contributed by atoms with Gasteiger partial charge in [-0.1, -0.05) is 31.5 Å². The predicted octanol–water partition coefficient (Wildman–Crippen LogP) is 4.05. The van der Waals surface area contributed by atoms with E-state index in [9.17, 15) is 19.5 Å². The molecule has 3 aromatic rings. The molecule has 0 aliphatic rings. The number of nitrogens with zero attached hydrogens (tertiary/aromatic N) is 1. The number of benzene rings is 2. The Hall–Kier alpha value is -3.32. The fourth-order valence-corrected chi connectivity index (χ4v) is 3.28. The molecule has 156 valence electrons. The number of rotatable bonds is 6. The lowest BCUT2D eigenvalue weighted by molar-refractivity contribution is -0.124. The molecule has 8 heteroatoms. The molecular weight excluding hydrogens is 406 g/mol. The summed E-state index contributed by atoms with van der Waals surface area (Å²) in [6.45, 7) is 3.90. The Morgan fingerprint density at radius 3 is 2.50 bits per heavy atom. The largest absolute Gasteiger partial charge is 0.477 e. The van der Waals surface area contributed by atoms with Gasteiger partial charge in [-0.3, -0.25) is 9.59 Å². The second-order valence-electron chi connectivity index (χ2n) is 7.31. The first-order valence-electron chi connectivity index (χ1n) is 9.37. The standard InChI is InChI=1S/C22H22ClN3O4/c1-12(2)20(27)24-11-13-4-6-17(23)16(8-13)21(28)25-15-5-7-18-14(9-15)10-19(22(29)30)26(18)3/h4-10,12H,11H2,1-3H3,(H,24,27)(H,25,28)(H,29,30). The minimum Gasteiger partial charge on any atom is -0.477 e. The number of anilines is 1. The highest BCUT2D eigenvalue weighted by Crippen LogP contribution is 2.24. The number of carbonyl (C=O) groups excluding carboxylic acids is 2. The van der Waals surface area contributed by atoms with Crippen molar-refractivity contribution < 1.29 is 19.5 Å². The predicted molar refractivity (Wildman–Crippen MR) is 116 cm³/mol. The average Bonchev–Trinajstić information content (AvgIpc) is 3.03. The quantitative estimate of drug-likeness (QED) is 0.552. The number of nitrogens with one attached hydrogen (secondary N) is 2. The first-order chi connectivity index (χ1) is 14.2. The zero-order chi connectivity index (χ0) is 22.0. The zero-order valence-corrected chi connectivity index (χ0v) is 17.6. The van der Waals surface area contributed by atoms with E-state index in [1.165, 1.54) is 0 Å². The number of hydrogen-bond donors (Lipinski definition) is 3. The van der Waals surface area contributed by atoms with E-state index in [0.29, 0.717) is 22.6 Å². The molecule has 3 N–H and O–H groups in total. The third-order valence-electron chi connectivity index (χ3n) is 4.79. The molecule has 0 bridgehead atoms. The maximum absolute atomic E-state index is 12.8. The Balaban J connectivity index is 1.80. The monoisotopic (exact) mass is 427 g/mol. The van der Waals surface area contributed by atoms with Gasteiger partial charge in [0, 0.05) is 36.1 Å². The number of aromatic nitrogens is 1. The lowest BCUT2D eigenvalue weighted by atomic mass is 10.1. The molecule has 2 amide bonds. The van der Waals surface area contributed by atoms with Crippen LogP contribution in [0.2, 0.25) is 5.02 Å². The van der Waals surface area contributed by atoms with Gasteiger partial charge in [0.15, 0.2) is 0 Å². The van der Waals surface area contributed by atoms with Gasteiger partial charge in [0.25, 0.3) is 5.91 Å². The molecule has 0 fully saturated rings. The van der Waals surface area contributed by atoms with E-state index >= 15 is 0 Å². The maximum atomic E-state index is 12.8. The third kappa shape index (κ3) is 4.46. The minimum atomic E-state index is -1.02. The van der Waals surface area contributed by atoms with Crippen molar-refractivity contribution in [3.05, 3.63) is 64.3 Å². The van der Waals surface area contributed by atoms with Crippen molar-refractivity contribution >= 4 is 46.0 Å². The molecule has 0 spiro atoms. The smallest absolute Gasteiger partial charge is 0.352 e. The SMILES string of the molecule is CC(C)C(=O)NCc1ccc(Cl)c(C(=O)Nc2ccc3c(c2)cc(C(=O)O)n3C)c1. The molecule has 0 saturated carbocycles. The van der Waals surface area contributed by atoms with E-state index < -0.39 is 11.9 Å². The van der Waals surface area contributed by atoms with Crippen LogP contribution in [0.15, 0.2) is 42.5 Å². The van der Waals surface area contributed by atoms with Gasteiger partial charge in [-0.15, -0.1) is 0 Å². The summed E-state index contributed by atoms with van der Waals surface area (Å²) in [5, 5.41) is 15.9. The van der Waals surface area contributed by atoms with Crippen LogP contribution in [0.5, 0.6) is 0 Å². The van der Waals surface area contributed by atoms with Crippen LogP contribution in [0.25, 0.3) is 10.9 Å². The highest BCUT2D eigenvalue weighted by Gasteiger charge is 2.15. The second kappa shape index (κ2) is 8.59. The summed E-state index contributed by atoms with van der Waals surface area (Å²) >= 11 is 6.21. The highest BCUT2D eigenvalue weighted by atomic mass is 35.5. The third-order valence-corrected chi connectivity index (χ3v) is 5.12. The van der Waals surface area contributed by atoms with Crippen LogP contribution >= 0.6 is 11.6 Å². The molecule has 0 radical (unpaired) electrons. The molecule has 0 aliphatic heterocycles. The van der Waals surface area contributed by atoms with Gasteiger partial charge in [0.1, 0.15) is 5.69 Å². The van der Waals surface area contributed by atoms with Crippen molar-refractivity contribution in [1.29, 1.82) is 0 Å². The van der Waals surface area contributed by atoms with Crippen LogP contribution in [0.4, 0.5) is 5.69 Å². The number of hydrogen-bond acceptors (Lipinski definition) is 3. The average molecular weight is 428 g/mol. The fraction of sp³-hybridized carbons (Fsp3) is 0.227. The van der Waals surface area contributed by atoms with E-state index in [-0.39, 0.29) is 23.1 Å². The molecule has 3 rings (SSSR count). The first kappa shape index (κ1) is 21.4. The van der Waals surface area contributed by atoms with E-state index in [4.69, 9.17) is 11.6 Å². The van der Waals surface area contributed by atoms with Crippen molar-refractivity contribution in [3.63, 3.8) is 0 Å². The van der Waals surface area contributed by atoms with Crippen LogP contribution in [0, 0.1) is 5.92 Å².